The van der Waals surface area contributed by atoms with Crippen LogP contribution in [0.25, 0.3) is 11.3 Å². The highest BCUT2D eigenvalue weighted by Gasteiger charge is 2.35. The first-order valence-electron chi connectivity index (χ1n) is 13.2. The lowest BCUT2D eigenvalue weighted by atomic mass is 10.0. The van der Waals surface area contributed by atoms with E-state index in [1.807, 2.05) is 0 Å². The van der Waals surface area contributed by atoms with Gasteiger partial charge in [0.25, 0.3) is 5.91 Å². The van der Waals surface area contributed by atoms with Crippen LogP contribution in [0.15, 0.2) is 30.3 Å². The number of amides is 3. The Hall–Kier alpha value is -3.70. The maximum absolute atomic E-state index is 13.8. The highest BCUT2D eigenvalue weighted by Crippen LogP contribution is 2.40. The number of imide groups is 1. The Morgan fingerprint density at radius 1 is 1.08 bits per heavy atom. The molecule has 1 aromatic carbocycles. The molecule has 39 heavy (non-hydrogen) atoms. The summed E-state index contributed by atoms with van der Waals surface area (Å²) in [5, 5.41) is 16.4. The van der Waals surface area contributed by atoms with Gasteiger partial charge >= 0.3 is 12.1 Å². The molecule has 1 aliphatic heterocycles. The molecule has 2 aliphatic rings. The number of hydrogen-bond acceptors (Lipinski definition) is 5. The Kier molecular flexibility index (Phi) is 8.71. The van der Waals surface area contributed by atoms with Crippen molar-refractivity contribution in [2.75, 3.05) is 6.54 Å². The number of carbonyl (C=O) groups excluding carboxylic acids is 3. The molecule has 210 valence electrons. The van der Waals surface area contributed by atoms with Crippen LogP contribution in [0.1, 0.15) is 86.3 Å². The number of nitrogens with zero attached hydrogens (tertiary/aromatic N) is 3. The summed E-state index contributed by atoms with van der Waals surface area (Å²) in [6, 6.07) is 5.48. The van der Waals surface area contributed by atoms with Crippen LogP contribution in [0.4, 0.5) is 13.2 Å². The molecule has 9 nitrogen and oxygen atoms in total. The van der Waals surface area contributed by atoms with Gasteiger partial charge in [-0.1, -0.05) is 31.0 Å². The molecule has 1 atom stereocenters. The molecule has 12 heteroatoms. The van der Waals surface area contributed by atoms with E-state index in [2.05, 4.69) is 10.4 Å². The molecule has 1 saturated heterocycles. The molecular formula is C27H31F3N4O5. The SMILES string of the molecule is O=C(O)C[C@H](CCCN1C(=O)CCCC1=O)NC(=O)c1cc(-c2ccccc2C(F)(F)F)n(C2CCCC2)n1. The molecule has 1 aliphatic carbocycles. The summed E-state index contributed by atoms with van der Waals surface area (Å²) < 4.78 is 42.9. The Bertz CT molecular complexity index is 1220. The Morgan fingerprint density at radius 2 is 1.74 bits per heavy atom. The monoisotopic (exact) mass is 548 g/mol. The van der Waals surface area contributed by atoms with Crippen molar-refractivity contribution in [3.63, 3.8) is 0 Å². The highest BCUT2D eigenvalue weighted by molar-refractivity contribution is 5.97. The first-order valence-corrected chi connectivity index (χ1v) is 13.2. The van der Waals surface area contributed by atoms with Gasteiger partial charge in [0.1, 0.15) is 0 Å². The summed E-state index contributed by atoms with van der Waals surface area (Å²) in [5.41, 5.74) is -0.842. The third kappa shape index (κ3) is 6.85. The van der Waals surface area contributed by atoms with Gasteiger partial charge in [0.05, 0.1) is 23.7 Å². The lowest BCUT2D eigenvalue weighted by molar-refractivity contribution is -0.148. The molecule has 4 rings (SSSR count). The predicted molar refractivity (Wildman–Crippen MR) is 133 cm³/mol. The number of carbonyl (C=O) groups is 4. The minimum absolute atomic E-state index is 0.0820. The van der Waals surface area contributed by atoms with E-state index in [9.17, 15) is 37.5 Å². The third-order valence-electron chi connectivity index (χ3n) is 7.22. The normalized spacial score (nSPS) is 17.5. The van der Waals surface area contributed by atoms with E-state index in [1.165, 1.54) is 28.9 Å². The number of carboxylic acid groups (broad SMARTS) is 1. The summed E-state index contributed by atoms with van der Waals surface area (Å²) in [4.78, 5) is 49.8. The molecule has 1 aromatic heterocycles. The van der Waals surface area contributed by atoms with Gasteiger partial charge in [-0.2, -0.15) is 18.3 Å². The smallest absolute Gasteiger partial charge is 0.417 e. The fourth-order valence-corrected chi connectivity index (χ4v) is 5.33. The van der Waals surface area contributed by atoms with Gasteiger partial charge in [-0.05, 0) is 44.2 Å². The van der Waals surface area contributed by atoms with Crippen molar-refractivity contribution >= 4 is 23.7 Å². The van der Waals surface area contributed by atoms with Crippen molar-refractivity contribution < 1.29 is 37.5 Å². The van der Waals surface area contributed by atoms with Gasteiger partial charge in [0, 0.05) is 31.0 Å². The van der Waals surface area contributed by atoms with E-state index in [0.717, 1.165) is 36.6 Å². The average Bonchev–Trinajstić information content (AvgIpc) is 3.55. The molecule has 2 aromatic rings. The quantitative estimate of drug-likeness (QED) is 0.420. The van der Waals surface area contributed by atoms with Crippen LogP contribution in [-0.2, 0) is 20.6 Å². The van der Waals surface area contributed by atoms with Gasteiger partial charge in [-0.25, -0.2) is 0 Å². The van der Waals surface area contributed by atoms with Gasteiger partial charge in [0.15, 0.2) is 5.69 Å². The molecule has 0 unspecified atom stereocenters. The van der Waals surface area contributed by atoms with E-state index in [1.54, 1.807) is 0 Å². The molecule has 0 radical (unpaired) electrons. The topological polar surface area (TPSA) is 122 Å². The number of halogens is 3. The van der Waals surface area contributed by atoms with Crippen LogP contribution < -0.4 is 5.32 Å². The lowest BCUT2D eigenvalue weighted by Gasteiger charge is -2.25. The van der Waals surface area contributed by atoms with Gasteiger partial charge < -0.3 is 10.4 Å². The van der Waals surface area contributed by atoms with Crippen molar-refractivity contribution in [1.82, 2.24) is 20.0 Å². The maximum atomic E-state index is 13.8. The molecule has 2 N–H and O–H groups in total. The second-order valence-electron chi connectivity index (χ2n) is 10.0. The Balaban J connectivity index is 1.54. The maximum Gasteiger partial charge on any atom is 0.417 e. The molecular weight excluding hydrogens is 517 g/mol. The summed E-state index contributed by atoms with van der Waals surface area (Å²) >= 11 is 0. The van der Waals surface area contributed by atoms with Crippen molar-refractivity contribution in [1.29, 1.82) is 0 Å². The highest BCUT2D eigenvalue weighted by atomic mass is 19.4. The van der Waals surface area contributed by atoms with Crippen molar-refractivity contribution in [2.45, 2.75) is 82.5 Å². The third-order valence-corrected chi connectivity index (χ3v) is 7.22. The van der Waals surface area contributed by atoms with Crippen molar-refractivity contribution in [2.24, 2.45) is 0 Å². The summed E-state index contributed by atoms with van der Waals surface area (Å²) in [6.45, 7) is 0.123. The standard InChI is InChI=1S/C27H31F3N4O5/c28-27(29,30)20-11-4-3-10-19(20)22-16-21(32-34(22)18-8-1-2-9-18)26(39)31-17(15-25(37)38)7-6-14-33-23(35)12-5-13-24(33)36/h3-4,10-11,16-18H,1-2,5-9,12-15H2,(H,31,39)(H,37,38)/t17-/m0/s1. The lowest BCUT2D eigenvalue weighted by Crippen LogP contribution is -2.42. The van der Waals surface area contributed by atoms with E-state index in [0.29, 0.717) is 6.42 Å². The fraction of sp³-hybridized carbons (Fsp3) is 0.519. The number of benzene rings is 1. The zero-order valence-corrected chi connectivity index (χ0v) is 21.4. The molecule has 0 bridgehead atoms. The minimum atomic E-state index is -4.60. The average molecular weight is 549 g/mol. The number of aliphatic carboxylic acids is 1. The van der Waals surface area contributed by atoms with Gasteiger partial charge in [-0.3, -0.25) is 28.8 Å². The van der Waals surface area contributed by atoms with Crippen molar-refractivity contribution in [3.05, 3.63) is 41.6 Å². The number of aromatic nitrogens is 2. The number of likely N-dealkylation sites (tertiary alicyclic amines) is 1. The van der Waals surface area contributed by atoms with Crippen LogP contribution in [-0.4, -0.2) is 56.1 Å². The number of rotatable bonds is 10. The summed E-state index contributed by atoms with van der Waals surface area (Å²) in [6.07, 6.45) is -0.222. The first-order chi connectivity index (χ1) is 18.5. The number of alkyl halides is 3. The largest absolute Gasteiger partial charge is 0.481 e. The second-order valence-corrected chi connectivity index (χ2v) is 10.0. The van der Waals surface area contributed by atoms with Crippen LogP contribution in [0.5, 0.6) is 0 Å². The molecule has 0 spiro atoms. The van der Waals surface area contributed by atoms with Gasteiger partial charge in [-0.15, -0.1) is 0 Å². The molecule has 3 amide bonds. The predicted octanol–water partition coefficient (Wildman–Crippen LogP) is 4.58. The van der Waals surface area contributed by atoms with Crippen LogP contribution in [0, 0.1) is 0 Å². The summed E-state index contributed by atoms with van der Waals surface area (Å²) in [7, 11) is 0. The molecule has 1 saturated carbocycles. The first kappa shape index (κ1) is 28.3. The van der Waals surface area contributed by atoms with E-state index in [-0.39, 0.29) is 67.0 Å². The zero-order valence-electron chi connectivity index (χ0n) is 21.4. The number of nitrogens with one attached hydrogen (secondary N) is 1. The molecule has 2 fully saturated rings. The Labute approximate surface area is 223 Å². The van der Waals surface area contributed by atoms with Crippen molar-refractivity contribution in [3.8, 4) is 11.3 Å². The minimum Gasteiger partial charge on any atom is -0.481 e. The van der Waals surface area contributed by atoms with Crippen LogP contribution in [0.3, 0.4) is 0 Å². The van der Waals surface area contributed by atoms with E-state index in [4.69, 9.17) is 0 Å². The van der Waals surface area contributed by atoms with E-state index < -0.39 is 36.1 Å². The fourth-order valence-electron chi connectivity index (χ4n) is 5.33. The van der Waals surface area contributed by atoms with E-state index >= 15 is 0 Å². The second kappa shape index (κ2) is 12.0. The van der Waals surface area contributed by atoms with Crippen LogP contribution in [0.2, 0.25) is 0 Å². The number of carboxylic acids is 1. The number of hydrogen-bond donors (Lipinski definition) is 2. The molecule has 2 heterocycles. The zero-order chi connectivity index (χ0) is 28.2. The van der Waals surface area contributed by atoms with Crippen LogP contribution >= 0.6 is 0 Å². The Morgan fingerprint density at radius 3 is 2.38 bits per heavy atom. The number of piperidine rings is 1. The van der Waals surface area contributed by atoms with Gasteiger partial charge in [0.2, 0.25) is 11.8 Å². The summed E-state index contributed by atoms with van der Waals surface area (Å²) in [5.74, 6) is -2.39.